The third-order valence-corrected chi connectivity index (χ3v) is 7.74. The smallest absolute Gasteiger partial charge is 0.241 e. The Bertz CT molecular complexity index is 1450. The molecule has 34 heavy (non-hydrogen) atoms. The highest BCUT2D eigenvalue weighted by atomic mass is 32.2. The Labute approximate surface area is 196 Å². The SMILES string of the molecule is Cc1nnc2n1CCN(C(=O)C(CCn1cccc1N)NS(=O)(=O)c1cccc3[nH]ccc13)C2. The van der Waals surface area contributed by atoms with Crippen LogP contribution in [0.4, 0.5) is 5.82 Å². The summed E-state index contributed by atoms with van der Waals surface area (Å²) in [4.78, 5) is 18.4. The maximum absolute atomic E-state index is 13.6. The van der Waals surface area contributed by atoms with E-state index in [2.05, 4.69) is 19.9 Å². The number of nitrogens with zero attached hydrogens (tertiary/aromatic N) is 5. The maximum atomic E-state index is 13.6. The first-order valence-electron chi connectivity index (χ1n) is 11.0. The molecule has 0 aliphatic carbocycles. The number of carbonyl (C=O) groups excluding carboxylic acids is 1. The van der Waals surface area contributed by atoms with Crippen LogP contribution in [-0.2, 0) is 34.5 Å². The van der Waals surface area contributed by atoms with Crippen LogP contribution in [0.25, 0.3) is 10.9 Å². The van der Waals surface area contributed by atoms with Crippen LogP contribution in [0.1, 0.15) is 18.1 Å². The van der Waals surface area contributed by atoms with Gasteiger partial charge in [0.05, 0.1) is 11.4 Å². The summed E-state index contributed by atoms with van der Waals surface area (Å²) in [7, 11) is -3.99. The van der Waals surface area contributed by atoms with Gasteiger partial charge in [0.25, 0.3) is 0 Å². The normalized spacial score (nSPS) is 14.9. The molecule has 1 aliphatic heterocycles. The fourth-order valence-electron chi connectivity index (χ4n) is 4.39. The van der Waals surface area contributed by atoms with Gasteiger partial charge in [0, 0.05) is 42.9 Å². The Kier molecular flexibility index (Phi) is 5.62. The summed E-state index contributed by atoms with van der Waals surface area (Å²) in [6.07, 6.45) is 3.73. The largest absolute Gasteiger partial charge is 0.385 e. The van der Waals surface area contributed by atoms with Crippen molar-refractivity contribution in [3.63, 3.8) is 0 Å². The number of aryl methyl sites for hydroxylation is 2. The highest BCUT2D eigenvalue weighted by molar-refractivity contribution is 7.89. The molecule has 3 aromatic heterocycles. The quantitative estimate of drug-likeness (QED) is 0.361. The minimum Gasteiger partial charge on any atom is -0.385 e. The van der Waals surface area contributed by atoms with Crippen molar-refractivity contribution in [3.05, 3.63) is 60.4 Å². The second-order valence-corrected chi connectivity index (χ2v) is 10.0. The Balaban J connectivity index is 1.42. The van der Waals surface area contributed by atoms with Crippen LogP contribution in [-0.4, -0.2) is 56.1 Å². The molecule has 0 spiro atoms. The van der Waals surface area contributed by atoms with Crippen molar-refractivity contribution in [2.45, 2.75) is 43.9 Å². The monoisotopic (exact) mass is 482 g/mol. The number of amides is 1. The molecule has 4 heterocycles. The van der Waals surface area contributed by atoms with E-state index in [0.717, 1.165) is 5.82 Å². The highest BCUT2D eigenvalue weighted by Crippen LogP contribution is 2.23. The number of benzene rings is 1. The lowest BCUT2D eigenvalue weighted by Crippen LogP contribution is -2.50. The van der Waals surface area contributed by atoms with Crippen molar-refractivity contribution in [2.75, 3.05) is 12.3 Å². The number of aromatic amines is 1. The standard InChI is InChI=1S/C22H26N8O3S/c1-15-25-26-21-14-29(12-13-30(15)21)22(31)18(8-11-28-10-3-6-20(28)23)27-34(32,33)19-5-2-4-17-16(19)7-9-24-17/h2-7,9-10,18,24,27H,8,11-14,23H2,1H3. The summed E-state index contributed by atoms with van der Waals surface area (Å²) in [6.45, 7) is 3.54. The lowest BCUT2D eigenvalue weighted by molar-refractivity contribution is -0.134. The summed E-state index contributed by atoms with van der Waals surface area (Å²) >= 11 is 0. The van der Waals surface area contributed by atoms with Crippen LogP contribution in [0.2, 0.25) is 0 Å². The molecular formula is C22H26N8O3S. The molecule has 4 aromatic rings. The van der Waals surface area contributed by atoms with Crippen molar-refractivity contribution in [1.82, 2.24) is 33.9 Å². The second-order valence-electron chi connectivity index (χ2n) is 8.36. The van der Waals surface area contributed by atoms with E-state index in [0.29, 0.717) is 42.2 Å². The molecule has 0 radical (unpaired) electrons. The summed E-state index contributed by atoms with van der Waals surface area (Å²) in [5.41, 5.74) is 6.68. The van der Waals surface area contributed by atoms with Gasteiger partial charge in [-0.3, -0.25) is 4.79 Å². The number of fused-ring (bicyclic) bond motifs is 2. The minimum atomic E-state index is -3.99. The number of anilines is 1. The molecule has 1 aliphatic rings. The number of nitrogens with one attached hydrogen (secondary N) is 2. The first-order chi connectivity index (χ1) is 16.3. The zero-order valence-corrected chi connectivity index (χ0v) is 19.5. The van der Waals surface area contributed by atoms with Gasteiger partial charge in [-0.2, -0.15) is 4.72 Å². The Morgan fingerprint density at radius 1 is 1.21 bits per heavy atom. The molecule has 4 N–H and O–H groups in total. The van der Waals surface area contributed by atoms with E-state index in [1.165, 1.54) is 6.07 Å². The van der Waals surface area contributed by atoms with Crippen molar-refractivity contribution in [3.8, 4) is 0 Å². The average molecular weight is 483 g/mol. The molecule has 1 atom stereocenters. The molecule has 11 nitrogen and oxygen atoms in total. The summed E-state index contributed by atoms with van der Waals surface area (Å²) in [6, 6.07) is 9.31. The van der Waals surface area contributed by atoms with Gasteiger partial charge in [-0.05, 0) is 43.7 Å². The lowest BCUT2D eigenvalue weighted by Gasteiger charge is -2.31. The highest BCUT2D eigenvalue weighted by Gasteiger charge is 2.32. The molecule has 0 fully saturated rings. The fourth-order valence-corrected chi connectivity index (χ4v) is 5.83. The number of hydrogen-bond donors (Lipinski definition) is 3. The number of aromatic nitrogens is 5. The number of nitrogen functional groups attached to an aromatic ring is 1. The van der Waals surface area contributed by atoms with Crippen LogP contribution < -0.4 is 10.5 Å². The van der Waals surface area contributed by atoms with Crippen LogP contribution >= 0.6 is 0 Å². The number of carbonyl (C=O) groups is 1. The summed E-state index contributed by atoms with van der Waals surface area (Å²) < 4.78 is 33.3. The molecule has 0 saturated heterocycles. The first-order valence-corrected chi connectivity index (χ1v) is 12.5. The van der Waals surface area contributed by atoms with E-state index in [1.54, 1.807) is 46.1 Å². The average Bonchev–Trinajstić information content (AvgIpc) is 3.56. The molecule has 5 rings (SSSR count). The Morgan fingerprint density at radius 3 is 2.85 bits per heavy atom. The van der Waals surface area contributed by atoms with Crippen LogP contribution in [0, 0.1) is 6.92 Å². The van der Waals surface area contributed by atoms with Crippen molar-refractivity contribution in [2.24, 2.45) is 0 Å². The molecule has 1 aromatic carbocycles. The number of rotatable bonds is 7. The fraction of sp³-hybridized carbons (Fsp3) is 0.318. The Hall–Kier alpha value is -3.64. The molecule has 1 unspecified atom stereocenters. The predicted octanol–water partition coefficient (Wildman–Crippen LogP) is 1.23. The zero-order chi connectivity index (χ0) is 23.9. The van der Waals surface area contributed by atoms with Gasteiger partial charge < -0.3 is 24.8 Å². The van der Waals surface area contributed by atoms with Crippen molar-refractivity contribution in [1.29, 1.82) is 0 Å². The van der Waals surface area contributed by atoms with E-state index >= 15 is 0 Å². The first kappa shape index (κ1) is 22.2. The van der Waals surface area contributed by atoms with E-state index in [9.17, 15) is 13.2 Å². The van der Waals surface area contributed by atoms with Gasteiger partial charge in [0.1, 0.15) is 17.7 Å². The number of hydrogen-bond acceptors (Lipinski definition) is 6. The molecular weight excluding hydrogens is 456 g/mol. The molecule has 178 valence electrons. The molecule has 1 amide bonds. The predicted molar refractivity (Wildman–Crippen MR) is 126 cm³/mol. The second kappa shape index (κ2) is 8.61. The number of H-pyrrole nitrogens is 1. The van der Waals surface area contributed by atoms with Gasteiger partial charge in [0.15, 0.2) is 5.82 Å². The molecule has 12 heteroatoms. The van der Waals surface area contributed by atoms with Gasteiger partial charge >= 0.3 is 0 Å². The number of sulfonamides is 1. The molecule has 0 bridgehead atoms. The summed E-state index contributed by atoms with van der Waals surface area (Å²) in [5, 5.41) is 8.80. The lowest BCUT2D eigenvalue weighted by atomic mass is 10.1. The van der Waals surface area contributed by atoms with Gasteiger partial charge in [-0.1, -0.05) is 6.07 Å². The van der Waals surface area contributed by atoms with Gasteiger partial charge in [0.2, 0.25) is 15.9 Å². The maximum Gasteiger partial charge on any atom is 0.241 e. The third kappa shape index (κ3) is 4.05. The van der Waals surface area contributed by atoms with E-state index in [-0.39, 0.29) is 23.8 Å². The zero-order valence-electron chi connectivity index (χ0n) is 18.7. The Morgan fingerprint density at radius 2 is 2.06 bits per heavy atom. The van der Waals surface area contributed by atoms with Gasteiger partial charge in [-0.25, -0.2) is 8.42 Å². The van der Waals surface area contributed by atoms with Crippen LogP contribution in [0.5, 0.6) is 0 Å². The van der Waals surface area contributed by atoms with Crippen LogP contribution in [0.15, 0.2) is 53.7 Å². The van der Waals surface area contributed by atoms with E-state index in [4.69, 9.17) is 5.73 Å². The van der Waals surface area contributed by atoms with Crippen molar-refractivity contribution < 1.29 is 13.2 Å². The molecule has 0 saturated carbocycles. The van der Waals surface area contributed by atoms with Crippen molar-refractivity contribution >= 4 is 32.7 Å². The summed E-state index contributed by atoms with van der Waals surface area (Å²) in [5.74, 6) is 1.72. The van der Waals surface area contributed by atoms with E-state index < -0.39 is 16.1 Å². The number of nitrogens with two attached hydrogens (primary N) is 1. The van der Waals surface area contributed by atoms with Crippen LogP contribution in [0.3, 0.4) is 0 Å². The van der Waals surface area contributed by atoms with E-state index in [1.807, 2.05) is 17.6 Å². The minimum absolute atomic E-state index is 0.124. The topological polar surface area (TPSA) is 144 Å². The third-order valence-electron chi connectivity index (χ3n) is 6.21. The van der Waals surface area contributed by atoms with Gasteiger partial charge in [-0.15, -0.1) is 10.2 Å².